The van der Waals surface area contributed by atoms with Gasteiger partial charge >= 0.3 is 0 Å². The topological polar surface area (TPSA) is 61.4 Å². The minimum Gasteiger partial charge on any atom is -0.382 e. The maximum atomic E-state index is 12.4. The molecule has 0 aliphatic carbocycles. The van der Waals surface area contributed by atoms with Crippen LogP contribution in [-0.4, -0.2) is 42.9 Å². The molecule has 0 spiro atoms. The summed E-state index contributed by atoms with van der Waals surface area (Å²) in [6.07, 6.45) is 0.694. The number of carbonyl (C=O) groups is 2. The average molecular weight is 289 g/mol. The molecule has 0 saturated carbocycles. The van der Waals surface area contributed by atoms with Crippen LogP contribution in [0.25, 0.3) is 0 Å². The molecule has 1 aromatic carbocycles. The smallest absolute Gasteiger partial charge is 0.244 e. The van der Waals surface area contributed by atoms with E-state index < -0.39 is 6.04 Å². The number of rotatable bonds is 3. The second-order valence-corrected chi connectivity index (χ2v) is 5.86. The first kappa shape index (κ1) is 15.4. The summed E-state index contributed by atoms with van der Waals surface area (Å²) < 4.78 is 0. The van der Waals surface area contributed by atoms with Crippen molar-refractivity contribution in [2.45, 2.75) is 32.4 Å². The van der Waals surface area contributed by atoms with Crippen molar-refractivity contribution < 1.29 is 9.59 Å². The van der Waals surface area contributed by atoms with E-state index in [4.69, 9.17) is 0 Å². The van der Waals surface area contributed by atoms with Gasteiger partial charge < -0.3 is 15.5 Å². The van der Waals surface area contributed by atoms with Crippen LogP contribution in [0.5, 0.6) is 0 Å². The Morgan fingerprint density at radius 3 is 2.67 bits per heavy atom. The Hall–Kier alpha value is -2.04. The van der Waals surface area contributed by atoms with Gasteiger partial charge in [-0.1, -0.05) is 18.2 Å². The third kappa shape index (κ3) is 3.35. The summed E-state index contributed by atoms with van der Waals surface area (Å²) in [4.78, 5) is 25.8. The van der Waals surface area contributed by atoms with Crippen LogP contribution in [0.3, 0.4) is 0 Å². The molecule has 0 saturated heterocycles. The molecule has 3 atom stereocenters. The third-order valence-corrected chi connectivity index (χ3v) is 3.95. The molecular weight excluding hydrogens is 266 g/mol. The Labute approximate surface area is 125 Å². The average Bonchev–Trinajstić information content (AvgIpc) is 2.45. The molecule has 21 heavy (non-hydrogen) atoms. The van der Waals surface area contributed by atoms with Gasteiger partial charge in [-0.05, 0) is 31.9 Å². The Kier molecular flexibility index (Phi) is 4.50. The highest BCUT2D eigenvalue weighted by molar-refractivity contribution is 5.89. The Morgan fingerprint density at radius 1 is 1.33 bits per heavy atom. The number of anilines is 1. The molecule has 3 unspecified atom stereocenters. The molecule has 5 heteroatoms. The highest BCUT2D eigenvalue weighted by atomic mass is 16.2. The van der Waals surface area contributed by atoms with Gasteiger partial charge in [0.25, 0.3) is 0 Å². The zero-order valence-corrected chi connectivity index (χ0v) is 13.0. The lowest BCUT2D eigenvalue weighted by Gasteiger charge is -2.32. The van der Waals surface area contributed by atoms with Gasteiger partial charge in [-0.15, -0.1) is 0 Å². The van der Waals surface area contributed by atoms with Crippen LogP contribution >= 0.6 is 0 Å². The number of likely N-dealkylation sites (N-methyl/N-ethyl adjacent to an activating group) is 1. The van der Waals surface area contributed by atoms with Gasteiger partial charge in [0.05, 0.1) is 5.92 Å². The van der Waals surface area contributed by atoms with Gasteiger partial charge in [0.1, 0.15) is 6.04 Å². The number of nitrogens with one attached hydrogen (secondary N) is 2. The summed E-state index contributed by atoms with van der Waals surface area (Å²) in [5, 5.41) is 6.18. The molecule has 1 heterocycles. The number of carbonyl (C=O) groups excluding carboxylic acids is 2. The molecule has 0 bridgehead atoms. The van der Waals surface area contributed by atoms with Crippen LogP contribution < -0.4 is 10.6 Å². The minimum absolute atomic E-state index is 0.0431. The molecular formula is C16H23N3O2. The van der Waals surface area contributed by atoms with E-state index in [0.717, 1.165) is 11.3 Å². The lowest BCUT2D eigenvalue weighted by Crippen LogP contribution is -2.50. The van der Waals surface area contributed by atoms with Crippen LogP contribution in [0, 0.1) is 5.92 Å². The van der Waals surface area contributed by atoms with E-state index in [1.807, 2.05) is 31.2 Å². The van der Waals surface area contributed by atoms with Crippen molar-refractivity contribution in [2.75, 3.05) is 19.4 Å². The molecule has 114 valence electrons. The highest BCUT2D eigenvalue weighted by Crippen LogP contribution is 2.28. The lowest BCUT2D eigenvalue weighted by atomic mass is 9.87. The normalized spacial score (nSPS) is 21.7. The number of hydrogen-bond donors (Lipinski definition) is 2. The summed E-state index contributed by atoms with van der Waals surface area (Å²) in [6.45, 7) is 3.72. The largest absolute Gasteiger partial charge is 0.382 e. The minimum atomic E-state index is -0.503. The van der Waals surface area contributed by atoms with Crippen LogP contribution in [0.4, 0.5) is 5.69 Å². The third-order valence-electron chi connectivity index (χ3n) is 3.95. The van der Waals surface area contributed by atoms with Gasteiger partial charge in [0.2, 0.25) is 11.8 Å². The number of fused-ring (bicyclic) bond motifs is 1. The van der Waals surface area contributed by atoms with E-state index in [9.17, 15) is 9.59 Å². The first-order valence-electron chi connectivity index (χ1n) is 7.26. The summed E-state index contributed by atoms with van der Waals surface area (Å²) in [5.41, 5.74) is 2.23. The number of hydrogen-bond acceptors (Lipinski definition) is 3. The second-order valence-electron chi connectivity index (χ2n) is 5.86. The standard InChI is InChI=1S/C16H23N3O2/c1-10-13(9-12-7-5-6-8-14(12)17-10)15(20)18-11(2)16(21)19(3)4/h5-8,10-11,13,17H,9H2,1-4H3,(H,18,20). The van der Waals surface area contributed by atoms with Crippen LogP contribution in [0.2, 0.25) is 0 Å². The van der Waals surface area contributed by atoms with E-state index in [1.54, 1.807) is 21.0 Å². The Morgan fingerprint density at radius 2 is 2.00 bits per heavy atom. The zero-order valence-electron chi connectivity index (χ0n) is 13.0. The predicted octanol–water partition coefficient (Wildman–Crippen LogP) is 1.25. The Balaban J connectivity index is 2.05. The van der Waals surface area contributed by atoms with Crippen molar-refractivity contribution >= 4 is 17.5 Å². The number of amides is 2. The Bertz CT molecular complexity index is 542. The van der Waals surface area contributed by atoms with Gasteiger partial charge in [-0.2, -0.15) is 0 Å². The number of para-hydroxylation sites is 1. The van der Waals surface area contributed by atoms with Gasteiger partial charge in [-0.25, -0.2) is 0 Å². The molecule has 2 N–H and O–H groups in total. The number of nitrogens with zero attached hydrogens (tertiary/aromatic N) is 1. The molecule has 0 radical (unpaired) electrons. The van der Waals surface area contributed by atoms with Crippen LogP contribution in [-0.2, 0) is 16.0 Å². The predicted molar refractivity (Wildman–Crippen MR) is 83.0 cm³/mol. The van der Waals surface area contributed by atoms with Gasteiger partial charge in [0.15, 0.2) is 0 Å². The van der Waals surface area contributed by atoms with E-state index in [2.05, 4.69) is 10.6 Å². The van der Waals surface area contributed by atoms with Gasteiger partial charge in [0, 0.05) is 25.8 Å². The monoisotopic (exact) mass is 289 g/mol. The van der Waals surface area contributed by atoms with Crippen molar-refractivity contribution in [3.8, 4) is 0 Å². The molecule has 0 aromatic heterocycles. The quantitative estimate of drug-likeness (QED) is 0.880. The first-order chi connectivity index (χ1) is 9.90. The fourth-order valence-electron chi connectivity index (χ4n) is 2.69. The van der Waals surface area contributed by atoms with E-state index in [0.29, 0.717) is 6.42 Å². The second kappa shape index (κ2) is 6.16. The molecule has 2 amide bonds. The highest BCUT2D eigenvalue weighted by Gasteiger charge is 2.31. The summed E-state index contributed by atoms with van der Waals surface area (Å²) in [5.74, 6) is -0.343. The maximum absolute atomic E-state index is 12.4. The zero-order chi connectivity index (χ0) is 15.6. The van der Waals surface area contributed by atoms with E-state index in [-0.39, 0.29) is 23.8 Å². The first-order valence-corrected chi connectivity index (χ1v) is 7.26. The van der Waals surface area contributed by atoms with Crippen LogP contribution in [0.1, 0.15) is 19.4 Å². The van der Waals surface area contributed by atoms with Crippen molar-refractivity contribution in [3.05, 3.63) is 29.8 Å². The van der Waals surface area contributed by atoms with Crippen molar-refractivity contribution in [1.82, 2.24) is 10.2 Å². The fourth-order valence-corrected chi connectivity index (χ4v) is 2.69. The van der Waals surface area contributed by atoms with Gasteiger partial charge in [-0.3, -0.25) is 9.59 Å². The van der Waals surface area contributed by atoms with Crippen molar-refractivity contribution in [1.29, 1.82) is 0 Å². The van der Waals surface area contributed by atoms with E-state index in [1.165, 1.54) is 4.90 Å². The molecule has 0 fully saturated rings. The van der Waals surface area contributed by atoms with Crippen molar-refractivity contribution in [2.24, 2.45) is 5.92 Å². The fraction of sp³-hybridized carbons (Fsp3) is 0.500. The lowest BCUT2D eigenvalue weighted by molar-refractivity contribution is -0.135. The molecule has 5 nitrogen and oxygen atoms in total. The molecule has 2 rings (SSSR count). The van der Waals surface area contributed by atoms with E-state index >= 15 is 0 Å². The number of benzene rings is 1. The van der Waals surface area contributed by atoms with Crippen molar-refractivity contribution in [3.63, 3.8) is 0 Å². The summed E-state index contributed by atoms with van der Waals surface area (Å²) >= 11 is 0. The molecule has 1 aliphatic rings. The molecule has 1 aromatic rings. The molecule has 1 aliphatic heterocycles. The summed E-state index contributed by atoms with van der Waals surface area (Å²) in [6, 6.07) is 7.56. The van der Waals surface area contributed by atoms with Crippen LogP contribution in [0.15, 0.2) is 24.3 Å². The summed E-state index contributed by atoms with van der Waals surface area (Å²) in [7, 11) is 3.37. The SMILES string of the molecule is CC(NC(=O)C1Cc2ccccc2NC1C)C(=O)N(C)C. The maximum Gasteiger partial charge on any atom is 0.244 e.